The molecule has 3 aromatic rings. The average molecular weight is 364 g/mol. The van der Waals surface area contributed by atoms with E-state index in [4.69, 9.17) is 0 Å². The van der Waals surface area contributed by atoms with Crippen LogP contribution < -0.4 is 21.5 Å². The van der Waals surface area contributed by atoms with Gasteiger partial charge in [-0.3, -0.25) is 19.3 Å². The molecule has 2 aromatic heterocycles. The van der Waals surface area contributed by atoms with Crippen LogP contribution in [-0.2, 0) is 26.1 Å². The van der Waals surface area contributed by atoms with E-state index in [1.54, 1.807) is 10.8 Å². The van der Waals surface area contributed by atoms with E-state index in [9.17, 15) is 9.59 Å². The van der Waals surface area contributed by atoms with Crippen molar-refractivity contribution in [2.75, 3.05) is 12.0 Å². The second kappa shape index (κ2) is 7.59. The predicted molar refractivity (Wildman–Crippen MR) is 103 cm³/mol. The van der Waals surface area contributed by atoms with Crippen molar-refractivity contribution in [2.24, 2.45) is 0 Å². The van der Waals surface area contributed by atoms with E-state index in [0.29, 0.717) is 31.1 Å². The third kappa shape index (κ3) is 3.83. The number of nitrogens with one attached hydrogen (secondary N) is 3. The lowest BCUT2D eigenvalue weighted by Gasteiger charge is -2.28. The molecule has 0 spiro atoms. The maximum Gasteiger partial charge on any atom is 0.329 e. The number of fused-ring (bicyclic) bond motifs is 1. The Morgan fingerprint density at radius 3 is 2.67 bits per heavy atom. The van der Waals surface area contributed by atoms with Gasteiger partial charge in [-0.15, -0.1) is 0 Å². The Morgan fingerprint density at radius 2 is 1.89 bits per heavy atom. The molecular weight excluding hydrogens is 342 g/mol. The molecule has 4 rings (SSSR count). The highest BCUT2D eigenvalue weighted by molar-refractivity contribution is 5.44. The van der Waals surface area contributed by atoms with E-state index in [0.717, 1.165) is 24.1 Å². The minimum Gasteiger partial charge on any atom is -0.324 e. The summed E-state index contributed by atoms with van der Waals surface area (Å²) in [5.41, 5.74) is 2.24. The van der Waals surface area contributed by atoms with Gasteiger partial charge in [0.05, 0.1) is 0 Å². The van der Waals surface area contributed by atoms with E-state index in [1.807, 2.05) is 48.7 Å². The van der Waals surface area contributed by atoms with Crippen molar-refractivity contribution in [1.82, 2.24) is 14.5 Å². The Hall–Kier alpha value is -3.19. The third-order valence-electron chi connectivity index (χ3n) is 4.87. The average Bonchev–Trinajstić information content (AvgIpc) is 2.70. The lowest BCUT2D eigenvalue weighted by Crippen LogP contribution is -3.11. The molecule has 138 valence electrons. The molecule has 0 fully saturated rings. The molecule has 7 heteroatoms. The van der Waals surface area contributed by atoms with Crippen molar-refractivity contribution in [2.45, 2.75) is 26.1 Å². The monoisotopic (exact) mass is 364 g/mol. The fraction of sp³-hybridized carbons (Fsp3) is 0.250. The third-order valence-corrected chi connectivity index (χ3v) is 4.87. The van der Waals surface area contributed by atoms with Gasteiger partial charge in [-0.25, -0.2) is 4.79 Å². The minimum absolute atomic E-state index is 0.304. The Bertz CT molecular complexity index is 1030. The zero-order valence-corrected chi connectivity index (χ0v) is 14.9. The standard InChI is InChI=1S/C20H21N5O2/c26-19-17-13-24(12-16-7-4-9-21-11-16)14-22-18(17)25(20(27)23-19)10-8-15-5-2-1-3-6-15/h1-7,9,11,22H,8,10,12-14H2,(H,23,26,27)/p+1. The predicted octanol–water partition coefficient (Wildman–Crippen LogP) is 0.142. The van der Waals surface area contributed by atoms with Gasteiger partial charge in [0.25, 0.3) is 5.56 Å². The molecular formula is C20H22N5O2+. The number of rotatable bonds is 5. The Morgan fingerprint density at radius 1 is 1.07 bits per heavy atom. The number of aromatic amines is 1. The van der Waals surface area contributed by atoms with Crippen LogP contribution in [0.5, 0.6) is 0 Å². The van der Waals surface area contributed by atoms with Crippen LogP contribution in [0.4, 0.5) is 5.82 Å². The first kappa shape index (κ1) is 17.2. The van der Waals surface area contributed by atoms with Crippen molar-refractivity contribution in [1.29, 1.82) is 0 Å². The Balaban J connectivity index is 1.56. The second-order valence-corrected chi connectivity index (χ2v) is 6.79. The maximum absolute atomic E-state index is 12.4. The summed E-state index contributed by atoms with van der Waals surface area (Å²) in [6.07, 6.45) is 4.32. The molecule has 0 saturated heterocycles. The molecule has 0 radical (unpaired) electrons. The molecule has 1 atom stereocenters. The van der Waals surface area contributed by atoms with Gasteiger partial charge >= 0.3 is 5.69 Å². The van der Waals surface area contributed by atoms with Crippen molar-refractivity contribution < 1.29 is 4.90 Å². The number of aromatic nitrogens is 3. The summed E-state index contributed by atoms with van der Waals surface area (Å²) in [6, 6.07) is 14.0. The molecule has 1 aliphatic heterocycles. The quantitative estimate of drug-likeness (QED) is 0.601. The van der Waals surface area contributed by atoms with Crippen molar-refractivity contribution >= 4 is 5.82 Å². The molecule has 0 saturated carbocycles. The van der Waals surface area contributed by atoms with E-state index >= 15 is 0 Å². The van der Waals surface area contributed by atoms with Gasteiger partial charge < -0.3 is 10.2 Å². The van der Waals surface area contributed by atoms with Gasteiger partial charge in [0.2, 0.25) is 0 Å². The van der Waals surface area contributed by atoms with Crippen LogP contribution in [0.1, 0.15) is 16.7 Å². The fourth-order valence-electron chi connectivity index (χ4n) is 3.51. The van der Waals surface area contributed by atoms with Crippen LogP contribution in [0.25, 0.3) is 0 Å². The van der Waals surface area contributed by atoms with Crippen LogP contribution in [0, 0.1) is 0 Å². The van der Waals surface area contributed by atoms with Crippen LogP contribution in [0.2, 0.25) is 0 Å². The number of pyridine rings is 1. The van der Waals surface area contributed by atoms with Crippen LogP contribution >= 0.6 is 0 Å². The minimum atomic E-state index is -0.363. The number of hydrogen-bond donors (Lipinski definition) is 3. The molecule has 3 N–H and O–H groups in total. The summed E-state index contributed by atoms with van der Waals surface area (Å²) < 4.78 is 1.64. The van der Waals surface area contributed by atoms with Gasteiger partial charge in [0.15, 0.2) is 6.67 Å². The second-order valence-electron chi connectivity index (χ2n) is 6.79. The van der Waals surface area contributed by atoms with Gasteiger partial charge in [-0.1, -0.05) is 36.4 Å². The lowest BCUT2D eigenvalue weighted by atomic mass is 10.1. The van der Waals surface area contributed by atoms with E-state index < -0.39 is 0 Å². The Labute approximate surface area is 156 Å². The molecule has 7 nitrogen and oxygen atoms in total. The zero-order chi connectivity index (χ0) is 18.6. The summed E-state index contributed by atoms with van der Waals surface area (Å²) in [5.74, 6) is 0.648. The summed E-state index contributed by atoms with van der Waals surface area (Å²) >= 11 is 0. The van der Waals surface area contributed by atoms with E-state index in [-0.39, 0.29) is 11.2 Å². The first-order valence-electron chi connectivity index (χ1n) is 9.07. The summed E-state index contributed by atoms with van der Waals surface area (Å²) in [5, 5.41) is 3.31. The Kier molecular flexibility index (Phi) is 4.84. The maximum atomic E-state index is 12.4. The highest BCUT2D eigenvalue weighted by Crippen LogP contribution is 2.12. The molecule has 1 aromatic carbocycles. The van der Waals surface area contributed by atoms with Gasteiger partial charge in [-0.2, -0.15) is 0 Å². The van der Waals surface area contributed by atoms with E-state index in [2.05, 4.69) is 15.3 Å². The zero-order valence-electron chi connectivity index (χ0n) is 14.9. The summed E-state index contributed by atoms with van der Waals surface area (Å²) in [4.78, 5) is 32.6. The first-order chi connectivity index (χ1) is 13.2. The smallest absolute Gasteiger partial charge is 0.324 e. The van der Waals surface area contributed by atoms with E-state index in [1.165, 1.54) is 4.90 Å². The normalized spacial score (nSPS) is 15.8. The molecule has 3 heterocycles. The number of anilines is 1. The van der Waals surface area contributed by atoms with Crippen LogP contribution in [-0.4, -0.2) is 21.2 Å². The summed E-state index contributed by atoms with van der Waals surface area (Å²) in [7, 11) is 0. The largest absolute Gasteiger partial charge is 0.329 e. The lowest BCUT2D eigenvalue weighted by molar-refractivity contribution is -0.926. The SMILES string of the molecule is O=c1[nH]c(=O)n(CCc2ccccc2)c2c1C[NH+](Cc1cccnc1)CN2. The van der Waals surface area contributed by atoms with Crippen LogP contribution in [0.3, 0.4) is 0 Å². The number of aryl methyl sites for hydroxylation is 1. The number of hydrogen-bond acceptors (Lipinski definition) is 4. The van der Waals surface area contributed by atoms with Crippen LogP contribution in [0.15, 0.2) is 64.4 Å². The van der Waals surface area contributed by atoms with Gasteiger partial charge in [0, 0.05) is 24.5 Å². The molecule has 0 aliphatic carbocycles. The molecule has 1 aliphatic rings. The van der Waals surface area contributed by atoms with Gasteiger partial charge in [0.1, 0.15) is 24.5 Å². The highest BCUT2D eigenvalue weighted by Gasteiger charge is 2.25. The highest BCUT2D eigenvalue weighted by atomic mass is 16.2. The molecule has 1 unspecified atom stereocenters. The molecule has 27 heavy (non-hydrogen) atoms. The van der Waals surface area contributed by atoms with Crippen molar-refractivity contribution in [3.05, 3.63) is 92.4 Å². The van der Waals surface area contributed by atoms with Gasteiger partial charge in [-0.05, 0) is 18.1 Å². The number of H-pyrrole nitrogens is 1. The molecule has 0 bridgehead atoms. The first-order valence-corrected chi connectivity index (χ1v) is 9.07. The number of benzene rings is 1. The van der Waals surface area contributed by atoms with Crippen molar-refractivity contribution in [3.8, 4) is 0 Å². The summed E-state index contributed by atoms with van der Waals surface area (Å²) in [6.45, 7) is 2.50. The van der Waals surface area contributed by atoms with Crippen molar-refractivity contribution in [3.63, 3.8) is 0 Å². The topological polar surface area (TPSA) is 84.2 Å². The number of quaternary nitrogens is 1. The molecule has 0 amide bonds. The fourth-order valence-corrected chi connectivity index (χ4v) is 3.51. The number of nitrogens with zero attached hydrogens (tertiary/aromatic N) is 2.